The highest BCUT2D eigenvalue weighted by atomic mass is 79.9. The fourth-order valence-electron chi connectivity index (χ4n) is 2.40. The van der Waals surface area contributed by atoms with Crippen molar-refractivity contribution in [2.24, 2.45) is 5.10 Å². The van der Waals surface area contributed by atoms with Crippen LogP contribution in [0.4, 0.5) is 0 Å². The van der Waals surface area contributed by atoms with Gasteiger partial charge < -0.3 is 0 Å². The molecule has 0 saturated carbocycles. The second kappa shape index (κ2) is 7.06. The molecule has 0 spiro atoms. The number of rotatable bonds is 3. The van der Waals surface area contributed by atoms with Gasteiger partial charge in [0.05, 0.1) is 6.21 Å². The summed E-state index contributed by atoms with van der Waals surface area (Å²) in [5, 5.41) is 11.7. The number of benzene rings is 2. The number of hydrogen-bond donors (Lipinski definition) is 1. The van der Waals surface area contributed by atoms with Crippen molar-refractivity contribution in [3.8, 4) is 11.4 Å². The van der Waals surface area contributed by atoms with Crippen LogP contribution in [0.25, 0.3) is 11.4 Å². The Labute approximate surface area is 160 Å². The van der Waals surface area contributed by atoms with Gasteiger partial charge in [-0.15, -0.1) is 0 Å². The maximum atomic E-state index is 5.33. The minimum atomic E-state index is 0.112. The van der Waals surface area contributed by atoms with E-state index >= 15 is 0 Å². The fraction of sp³-hybridized carbons (Fsp3) is 0.211. The van der Waals surface area contributed by atoms with Gasteiger partial charge in [0, 0.05) is 15.6 Å². The van der Waals surface area contributed by atoms with E-state index in [9.17, 15) is 0 Å². The molecule has 1 heterocycles. The Hall–Kier alpha value is -2.05. The van der Waals surface area contributed by atoms with Crippen LogP contribution in [0.3, 0.4) is 0 Å². The molecule has 0 atom stereocenters. The van der Waals surface area contributed by atoms with Crippen LogP contribution in [-0.4, -0.2) is 21.1 Å². The van der Waals surface area contributed by atoms with Crippen molar-refractivity contribution >= 4 is 34.4 Å². The summed E-state index contributed by atoms with van der Waals surface area (Å²) in [5.41, 5.74) is 3.32. The van der Waals surface area contributed by atoms with Crippen molar-refractivity contribution in [1.29, 1.82) is 0 Å². The Balaban J connectivity index is 1.97. The zero-order valence-corrected chi connectivity index (χ0v) is 16.7. The van der Waals surface area contributed by atoms with E-state index in [0.29, 0.717) is 10.6 Å². The average molecular weight is 415 g/mol. The van der Waals surface area contributed by atoms with Crippen molar-refractivity contribution in [3.05, 3.63) is 68.9 Å². The summed E-state index contributed by atoms with van der Waals surface area (Å²) in [4.78, 5) is 0. The number of nitrogens with one attached hydrogen (secondary N) is 1. The van der Waals surface area contributed by atoms with Crippen LogP contribution in [0, 0.1) is 4.77 Å². The largest absolute Gasteiger partial charge is 0.250 e. The highest BCUT2D eigenvalue weighted by Gasteiger charge is 2.14. The number of hydrogen-bond acceptors (Lipinski definition) is 3. The lowest BCUT2D eigenvalue weighted by molar-refractivity contribution is 0.590. The summed E-state index contributed by atoms with van der Waals surface area (Å²) in [7, 11) is 0. The molecule has 3 aromatic rings. The second-order valence-electron chi connectivity index (χ2n) is 6.76. The molecule has 128 valence electrons. The first-order valence-electron chi connectivity index (χ1n) is 7.93. The number of H-pyrrole nitrogens is 1. The van der Waals surface area contributed by atoms with Crippen LogP contribution in [0.1, 0.15) is 31.9 Å². The Morgan fingerprint density at radius 2 is 1.80 bits per heavy atom. The number of aromatic amines is 1. The Kier molecular flexibility index (Phi) is 5.01. The van der Waals surface area contributed by atoms with Crippen molar-refractivity contribution in [1.82, 2.24) is 14.9 Å². The van der Waals surface area contributed by atoms with Crippen LogP contribution in [0.15, 0.2) is 58.1 Å². The third kappa shape index (κ3) is 3.96. The van der Waals surface area contributed by atoms with E-state index in [1.807, 2.05) is 24.3 Å². The molecule has 0 aliphatic heterocycles. The maximum Gasteiger partial charge on any atom is 0.216 e. The molecule has 25 heavy (non-hydrogen) atoms. The first kappa shape index (κ1) is 17.8. The molecule has 0 saturated heterocycles. The maximum absolute atomic E-state index is 5.33. The Morgan fingerprint density at radius 3 is 2.44 bits per heavy atom. The molecular weight excluding hydrogens is 396 g/mol. The smallest absolute Gasteiger partial charge is 0.216 e. The standard InChI is InChI=1S/C19H19BrN4S/c1-19(2,3)15-10-8-13(9-11-15)17-22-23-18(25)24(17)21-12-14-6-4-5-7-16(14)20/h4-12H,1-3H3,(H,23,25)/b21-12-. The van der Waals surface area contributed by atoms with Gasteiger partial charge in [0.1, 0.15) is 0 Å². The van der Waals surface area contributed by atoms with Crippen molar-refractivity contribution in [3.63, 3.8) is 0 Å². The highest BCUT2D eigenvalue weighted by Crippen LogP contribution is 2.25. The molecule has 3 rings (SSSR count). The fourth-order valence-corrected chi connectivity index (χ4v) is 2.97. The number of aromatic nitrogens is 3. The molecule has 0 amide bonds. The molecule has 0 radical (unpaired) electrons. The van der Waals surface area contributed by atoms with Gasteiger partial charge in [-0.1, -0.05) is 79.2 Å². The monoisotopic (exact) mass is 414 g/mol. The number of halogens is 1. The predicted octanol–water partition coefficient (Wildman–Crippen LogP) is 5.55. The molecule has 0 bridgehead atoms. The average Bonchev–Trinajstić information content (AvgIpc) is 2.94. The molecule has 6 heteroatoms. The van der Waals surface area contributed by atoms with E-state index < -0.39 is 0 Å². The van der Waals surface area contributed by atoms with Gasteiger partial charge >= 0.3 is 0 Å². The van der Waals surface area contributed by atoms with Crippen LogP contribution in [-0.2, 0) is 5.41 Å². The van der Waals surface area contributed by atoms with E-state index in [2.05, 4.69) is 76.3 Å². The summed E-state index contributed by atoms with van der Waals surface area (Å²) in [5.74, 6) is 0.689. The molecule has 2 aromatic carbocycles. The van der Waals surface area contributed by atoms with Crippen LogP contribution < -0.4 is 0 Å². The van der Waals surface area contributed by atoms with Gasteiger partial charge in [-0.05, 0) is 29.3 Å². The predicted molar refractivity (Wildman–Crippen MR) is 109 cm³/mol. The first-order chi connectivity index (χ1) is 11.9. The third-order valence-electron chi connectivity index (χ3n) is 3.88. The van der Waals surface area contributed by atoms with Crippen molar-refractivity contribution in [2.45, 2.75) is 26.2 Å². The molecule has 0 fully saturated rings. The molecule has 4 nitrogen and oxygen atoms in total. The summed E-state index contributed by atoms with van der Waals surface area (Å²) in [6, 6.07) is 16.2. The molecular formula is C19H19BrN4S. The normalized spacial score (nSPS) is 12.0. The molecule has 1 aromatic heterocycles. The van der Waals surface area contributed by atoms with Gasteiger partial charge in [-0.3, -0.25) is 0 Å². The summed E-state index contributed by atoms with van der Waals surface area (Å²) < 4.78 is 3.07. The van der Waals surface area contributed by atoms with Crippen LogP contribution in [0.5, 0.6) is 0 Å². The van der Waals surface area contributed by atoms with Crippen LogP contribution >= 0.6 is 28.1 Å². The minimum Gasteiger partial charge on any atom is -0.250 e. The van der Waals surface area contributed by atoms with E-state index in [4.69, 9.17) is 12.2 Å². The second-order valence-corrected chi connectivity index (χ2v) is 8.00. The summed E-state index contributed by atoms with van der Waals surface area (Å²) in [6.07, 6.45) is 1.77. The van der Waals surface area contributed by atoms with E-state index in [1.165, 1.54) is 5.56 Å². The van der Waals surface area contributed by atoms with Crippen molar-refractivity contribution < 1.29 is 0 Å². The van der Waals surface area contributed by atoms with Gasteiger partial charge in [0.2, 0.25) is 4.77 Å². The van der Waals surface area contributed by atoms with Gasteiger partial charge in [-0.2, -0.15) is 14.9 Å². The quantitative estimate of drug-likeness (QED) is 0.450. The highest BCUT2D eigenvalue weighted by molar-refractivity contribution is 9.10. The third-order valence-corrected chi connectivity index (χ3v) is 4.86. The molecule has 1 N–H and O–H groups in total. The topological polar surface area (TPSA) is 46.0 Å². The lowest BCUT2D eigenvalue weighted by Gasteiger charge is -2.18. The molecule has 0 unspecified atom stereocenters. The van der Waals surface area contributed by atoms with Gasteiger partial charge in [-0.25, -0.2) is 5.10 Å². The van der Waals surface area contributed by atoms with E-state index in [0.717, 1.165) is 15.6 Å². The minimum absolute atomic E-state index is 0.112. The van der Waals surface area contributed by atoms with Crippen molar-refractivity contribution in [2.75, 3.05) is 0 Å². The zero-order valence-electron chi connectivity index (χ0n) is 14.3. The zero-order chi connectivity index (χ0) is 18.0. The number of nitrogens with zero attached hydrogens (tertiary/aromatic N) is 3. The van der Waals surface area contributed by atoms with Gasteiger partial charge in [0.15, 0.2) is 5.82 Å². The summed E-state index contributed by atoms with van der Waals surface area (Å²) >= 11 is 8.84. The van der Waals surface area contributed by atoms with E-state index in [-0.39, 0.29) is 5.41 Å². The van der Waals surface area contributed by atoms with Gasteiger partial charge in [0.25, 0.3) is 0 Å². The van der Waals surface area contributed by atoms with E-state index in [1.54, 1.807) is 10.9 Å². The molecule has 0 aliphatic rings. The SMILES string of the molecule is CC(C)(C)c1ccc(-c2n[nH]c(=S)n2/N=C\c2ccccc2Br)cc1. The lowest BCUT2D eigenvalue weighted by atomic mass is 9.87. The Bertz CT molecular complexity index is 962. The summed E-state index contributed by atoms with van der Waals surface area (Å²) in [6.45, 7) is 6.58. The lowest BCUT2D eigenvalue weighted by Crippen LogP contribution is -2.10. The first-order valence-corrected chi connectivity index (χ1v) is 9.13. The Morgan fingerprint density at radius 1 is 1.12 bits per heavy atom. The molecule has 0 aliphatic carbocycles. The van der Waals surface area contributed by atoms with Crippen LogP contribution in [0.2, 0.25) is 0 Å².